The Balaban J connectivity index is 1.62. The third kappa shape index (κ3) is 4.68. The molecule has 3 aromatic carbocycles. The summed E-state index contributed by atoms with van der Waals surface area (Å²) in [6, 6.07) is 19.8. The van der Waals surface area contributed by atoms with Gasteiger partial charge in [0.25, 0.3) is 5.91 Å². The molecule has 0 aromatic heterocycles. The highest BCUT2D eigenvalue weighted by molar-refractivity contribution is 6.12. The zero-order valence-corrected chi connectivity index (χ0v) is 20.2. The van der Waals surface area contributed by atoms with Crippen molar-refractivity contribution in [2.45, 2.75) is 12.5 Å². The van der Waals surface area contributed by atoms with Gasteiger partial charge in [-0.3, -0.25) is 14.5 Å². The van der Waals surface area contributed by atoms with E-state index in [1.807, 2.05) is 6.92 Å². The number of imide groups is 1. The van der Waals surface area contributed by atoms with Gasteiger partial charge in [-0.05, 0) is 66.6 Å². The second-order valence-corrected chi connectivity index (χ2v) is 8.03. The predicted molar refractivity (Wildman–Crippen MR) is 133 cm³/mol. The number of benzene rings is 3. The number of nitrogens with zero attached hydrogens (tertiary/aromatic N) is 1. The van der Waals surface area contributed by atoms with E-state index in [-0.39, 0.29) is 0 Å². The summed E-state index contributed by atoms with van der Waals surface area (Å²) < 4.78 is 15.9. The van der Waals surface area contributed by atoms with Crippen molar-refractivity contribution in [1.29, 1.82) is 0 Å². The number of carbonyl (C=O) groups excluding carboxylic acids is 3. The van der Waals surface area contributed by atoms with Crippen molar-refractivity contribution in [3.8, 4) is 17.2 Å². The van der Waals surface area contributed by atoms with Crippen LogP contribution in [0.15, 0.2) is 72.8 Å². The van der Waals surface area contributed by atoms with Crippen LogP contribution in [0.3, 0.4) is 0 Å². The lowest BCUT2D eigenvalue weighted by atomic mass is 9.82. The second-order valence-electron chi connectivity index (χ2n) is 8.03. The zero-order valence-electron chi connectivity index (χ0n) is 20.2. The number of methoxy groups -OCH3 is 2. The number of amides is 4. The maximum atomic E-state index is 13.8. The molecule has 1 heterocycles. The Morgan fingerprint density at radius 2 is 1.33 bits per heavy atom. The lowest BCUT2D eigenvalue weighted by Gasteiger charge is -2.28. The van der Waals surface area contributed by atoms with E-state index >= 15 is 0 Å². The van der Waals surface area contributed by atoms with Crippen molar-refractivity contribution in [2.24, 2.45) is 0 Å². The second kappa shape index (κ2) is 10.4. The zero-order chi connectivity index (χ0) is 25.7. The monoisotopic (exact) mass is 489 g/mol. The lowest BCUT2D eigenvalue weighted by Crippen LogP contribution is -2.45. The number of rotatable bonds is 9. The largest absolute Gasteiger partial charge is 0.497 e. The number of hydrogen-bond donors (Lipinski definition) is 2. The standard InChI is InChI=1S/C27H27N3O6/c1-4-36-23-15-9-20(10-16-23)28-24(31)17-30-25(32)27(29-26(30)33,18-5-11-21(34-2)12-6-18)19-7-13-22(35-3)14-8-19/h5-16H,4,17H2,1-3H3,(H,28,31)(H,29,33). The van der Waals surface area contributed by atoms with Gasteiger partial charge in [0.05, 0.1) is 20.8 Å². The summed E-state index contributed by atoms with van der Waals surface area (Å²) in [5.74, 6) is 0.806. The number of ether oxygens (including phenoxy) is 3. The normalized spacial score (nSPS) is 14.2. The average molecular weight is 490 g/mol. The van der Waals surface area contributed by atoms with Crippen LogP contribution in [0.25, 0.3) is 0 Å². The molecule has 0 atom stereocenters. The van der Waals surface area contributed by atoms with Crippen molar-refractivity contribution in [3.05, 3.63) is 83.9 Å². The van der Waals surface area contributed by atoms with E-state index in [1.54, 1.807) is 87.0 Å². The van der Waals surface area contributed by atoms with Gasteiger partial charge in [0.15, 0.2) is 5.54 Å². The van der Waals surface area contributed by atoms with Crippen molar-refractivity contribution >= 4 is 23.5 Å². The molecule has 0 spiro atoms. The van der Waals surface area contributed by atoms with E-state index in [4.69, 9.17) is 14.2 Å². The van der Waals surface area contributed by atoms with E-state index in [0.29, 0.717) is 40.7 Å². The Hall–Kier alpha value is -4.53. The van der Waals surface area contributed by atoms with Crippen LogP contribution >= 0.6 is 0 Å². The highest BCUT2D eigenvalue weighted by Gasteiger charge is 2.54. The van der Waals surface area contributed by atoms with Crippen molar-refractivity contribution in [3.63, 3.8) is 0 Å². The molecule has 0 bridgehead atoms. The molecule has 9 heteroatoms. The molecule has 36 heavy (non-hydrogen) atoms. The SMILES string of the molecule is CCOc1ccc(NC(=O)CN2C(=O)NC(c3ccc(OC)cc3)(c3ccc(OC)cc3)C2=O)cc1. The molecule has 0 radical (unpaired) electrons. The molecule has 4 rings (SSSR count). The summed E-state index contributed by atoms with van der Waals surface area (Å²) in [6.07, 6.45) is 0. The number of urea groups is 1. The van der Waals surface area contributed by atoms with Gasteiger partial charge in [-0.2, -0.15) is 0 Å². The van der Waals surface area contributed by atoms with Crippen molar-refractivity contribution in [2.75, 3.05) is 32.7 Å². The van der Waals surface area contributed by atoms with Gasteiger partial charge in [0.1, 0.15) is 23.8 Å². The molecule has 2 N–H and O–H groups in total. The quantitative estimate of drug-likeness (QED) is 0.446. The molecule has 3 aromatic rings. The first kappa shape index (κ1) is 24.6. The van der Waals surface area contributed by atoms with E-state index in [0.717, 1.165) is 4.90 Å². The highest BCUT2D eigenvalue weighted by Crippen LogP contribution is 2.37. The average Bonchev–Trinajstić information content (AvgIpc) is 3.15. The first-order chi connectivity index (χ1) is 17.4. The van der Waals surface area contributed by atoms with Gasteiger partial charge in [0, 0.05) is 5.69 Å². The third-order valence-corrected chi connectivity index (χ3v) is 5.90. The van der Waals surface area contributed by atoms with Crippen LogP contribution in [0.4, 0.5) is 10.5 Å². The molecule has 1 saturated heterocycles. The first-order valence-corrected chi connectivity index (χ1v) is 11.4. The van der Waals surface area contributed by atoms with E-state index in [1.165, 1.54) is 0 Å². The summed E-state index contributed by atoms with van der Waals surface area (Å²) in [5.41, 5.74) is 0.0595. The van der Waals surface area contributed by atoms with E-state index in [2.05, 4.69) is 10.6 Å². The van der Waals surface area contributed by atoms with Crippen LogP contribution in [0.2, 0.25) is 0 Å². The molecule has 0 unspecified atom stereocenters. The van der Waals surface area contributed by atoms with Gasteiger partial charge in [0.2, 0.25) is 5.91 Å². The number of hydrogen-bond acceptors (Lipinski definition) is 6. The van der Waals surface area contributed by atoms with Crippen LogP contribution in [0.1, 0.15) is 18.1 Å². The van der Waals surface area contributed by atoms with Crippen LogP contribution in [0.5, 0.6) is 17.2 Å². The molecule has 4 amide bonds. The molecule has 9 nitrogen and oxygen atoms in total. The van der Waals surface area contributed by atoms with Crippen LogP contribution in [0, 0.1) is 0 Å². The fraction of sp³-hybridized carbons (Fsp3) is 0.222. The Bertz CT molecular complexity index is 1190. The molecule has 1 fully saturated rings. The van der Waals surface area contributed by atoms with Gasteiger partial charge in [-0.25, -0.2) is 4.79 Å². The summed E-state index contributed by atoms with van der Waals surface area (Å²) in [4.78, 5) is 40.6. The van der Waals surface area contributed by atoms with Gasteiger partial charge < -0.3 is 24.8 Å². The summed E-state index contributed by atoms with van der Waals surface area (Å²) in [6.45, 7) is 1.96. The highest BCUT2D eigenvalue weighted by atomic mass is 16.5. The lowest BCUT2D eigenvalue weighted by molar-refractivity contribution is -0.133. The molecule has 0 saturated carbocycles. The van der Waals surface area contributed by atoms with Gasteiger partial charge in [-0.15, -0.1) is 0 Å². The van der Waals surface area contributed by atoms with E-state index < -0.39 is 29.9 Å². The summed E-state index contributed by atoms with van der Waals surface area (Å²) >= 11 is 0. The summed E-state index contributed by atoms with van der Waals surface area (Å²) in [5, 5.41) is 5.54. The third-order valence-electron chi connectivity index (χ3n) is 5.90. The minimum atomic E-state index is -1.52. The maximum Gasteiger partial charge on any atom is 0.326 e. The molecule has 186 valence electrons. The topological polar surface area (TPSA) is 106 Å². The Kier molecular flexibility index (Phi) is 7.10. The Morgan fingerprint density at radius 3 is 1.81 bits per heavy atom. The number of nitrogens with one attached hydrogen (secondary N) is 2. The van der Waals surface area contributed by atoms with Crippen LogP contribution in [-0.4, -0.2) is 50.1 Å². The maximum absolute atomic E-state index is 13.8. The fourth-order valence-electron chi connectivity index (χ4n) is 4.10. The molecule has 1 aliphatic heterocycles. The number of anilines is 1. The Morgan fingerprint density at radius 1 is 0.833 bits per heavy atom. The van der Waals surface area contributed by atoms with Gasteiger partial charge in [-0.1, -0.05) is 24.3 Å². The van der Waals surface area contributed by atoms with Crippen LogP contribution in [-0.2, 0) is 15.1 Å². The van der Waals surface area contributed by atoms with E-state index in [9.17, 15) is 14.4 Å². The minimum absolute atomic E-state index is 0.452. The predicted octanol–water partition coefficient (Wildman–Crippen LogP) is 3.54. The molecular weight excluding hydrogens is 462 g/mol. The smallest absolute Gasteiger partial charge is 0.326 e. The summed E-state index contributed by atoms with van der Waals surface area (Å²) in [7, 11) is 3.09. The van der Waals surface area contributed by atoms with Crippen LogP contribution < -0.4 is 24.8 Å². The van der Waals surface area contributed by atoms with Crippen molar-refractivity contribution in [1.82, 2.24) is 10.2 Å². The first-order valence-electron chi connectivity index (χ1n) is 11.4. The minimum Gasteiger partial charge on any atom is -0.497 e. The Labute approximate surface area is 209 Å². The van der Waals surface area contributed by atoms with Crippen molar-refractivity contribution < 1.29 is 28.6 Å². The number of carbonyl (C=O) groups is 3. The molecular formula is C27H27N3O6. The molecule has 0 aliphatic carbocycles. The van der Waals surface area contributed by atoms with Gasteiger partial charge >= 0.3 is 6.03 Å². The fourth-order valence-corrected chi connectivity index (χ4v) is 4.10. The molecule has 1 aliphatic rings.